The minimum absolute atomic E-state index is 0.256. The Bertz CT molecular complexity index is 977. The van der Waals surface area contributed by atoms with E-state index in [9.17, 15) is 0 Å². The normalized spacial score (nSPS) is 12.6. The zero-order chi connectivity index (χ0) is 20.7. The summed E-state index contributed by atoms with van der Waals surface area (Å²) in [6.45, 7) is 18.2. The number of nitrogens with zero attached hydrogens (tertiary/aromatic N) is 1. The molecule has 2 aromatic carbocycles. The predicted octanol–water partition coefficient (Wildman–Crippen LogP) is 7.70. The molecule has 0 saturated heterocycles. The van der Waals surface area contributed by atoms with Crippen LogP contribution in [-0.2, 0) is 12.8 Å². The van der Waals surface area contributed by atoms with Crippen molar-refractivity contribution in [3.8, 4) is 11.3 Å². The number of fused-ring (bicyclic) bond motifs is 1. The minimum atomic E-state index is 0.256. The molecule has 0 bridgehead atoms. The van der Waals surface area contributed by atoms with Crippen LogP contribution in [0.25, 0.3) is 22.2 Å². The second-order valence-corrected chi connectivity index (χ2v) is 10.9. The van der Waals surface area contributed by atoms with E-state index in [-0.39, 0.29) is 10.8 Å². The third-order valence-corrected chi connectivity index (χ3v) is 4.97. The van der Waals surface area contributed by atoms with Gasteiger partial charge in [-0.2, -0.15) is 0 Å². The average Bonchev–Trinajstić information content (AvgIpc) is 2.51. The molecule has 0 spiro atoms. The maximum absolute atomic E-state index is 5.06. The number of pyridine rings is 1. The SMILES string of the molecule is Cc1cc(C)cc(-c2ccc3cc(CC(C)(C)C)c(CC(C)(C)C)cc3n2)c1. The van der Waals surface area contributed by atoms with Gasteiger partial charge in [-0.25, -0.2) is 4.98 Å². The molecule has 1 nitrogen and oxygen atoms in total. The van der Waals surface area contributed by atoms with Gasteiger partial charge in [0, 0.05) is 10.9 Å². The van der Waals surface area contributed by atoms with E-state index in [1.807, 2.05) is 0 Å². The summed E-state index contributed by atoms with van der Waals surface area (Å²) in [6, 6.07) is 15.8. The summed E-state index contributed by atoms with van der Waals surface area (Å²) >= 11 is 0. The molecule has 3 aromatic rings. The standard InChI is InChI=1S/C27H35N/c1-18-11-19(2)13-21(12-18)24-10-9-20-14-22(16-26(3,4)5)23(15-25(20)28-24)17-27(6,7)8/h9-15H,16-17H2,1-8H3. The van der Waals surface area contributed by atoms with Crippen molar-refractivity contribution in [2.24, 2.45) is 10.8 Å². The summed E-state index contributed by atoms with van der Waals surface area (Å²) in [6.07, 6.45) is 2.16. The van der Waals surface area contributed by atoms with Crippen LogP contribution in [0.3, 0.4) is 0 Å². The van der Waals surface area contributed by atoms with E-state index >= 15 is 0 Å². The molecule has 0 atom stereocenters. The first-order valence-corrected chi connectivity index (χ1v) is 10.4. The lowest BCUT2D eigenvalue weighted by atomic mass is 9.81. The zero-order valence-electron chi connectivity index (χ0n) is 18.9. The Labute approximate surface area is 171 Å². The Morgan fingerprint density at radius 1 is 0.679 bits per heavy atom. The summed E-state index contributed by atoms with van der Waals surface area (Å²) in [5, 5.41) is 1.24. The first-order chi connectivity index (χ1) is 12.9. The molecular weight excluding hydrogens is 338 g/mol. The molecule has 1 heterocycles. The van der Waals surface area contributed by atoms with Crippen molar-refractivity contribution in [2.45, 2.75) is 68.2 Å². The van der Waals surface area contributed by atoms with Crippen molar-refractivity contribution in [3.63, 3.8) is 0 Å². The highest BCUT2D eigenvalue weighted by Crippen LogP contribution is 2.32. The molecule has 0 aliphatic rings. The van der Waals surface area contributed by atoms with Crippen molar-refractivity contribution in [1.82, 2.24) is 4.98 Å². The summed E-state index contributed by atoms with van der Waals surface area (Å²) in [4.78, 5) is 5.06. The molecule has 0 unspecified atom stereocenters. The van der Waals surface area contributed by atoms with Gasteiger partial charge in [0.2, 0.25) is 0 Å². The minimum Gasteiger partial charge on any atom is -0.248 e. The molecule has 0 N–H and O–H groups in total. The molecule has 0 amide bonds. The van der Waals surface area contributed by atoms with Gasteiger partial charge in [0.25, 0.3) is 0 Å². The van der Waals surface area contributed by atoms with E-state index in [0.717, 1.165) is 24.1 Å². The highest BCUT2D eigenvalue weighted by Gasteiger charge is 2.19. The van der Waals surface area contributed by atoms with Crippen LogP contribution in [0.5, 0.6) is 0 Å². The molecule has 0 radical (unpaired) electrons. The highest BCUT2D eigenvalue weighted by atomic mass is 14.7. The van der Waals surface area contributed by atoms with Gasteiger partial charge in [0.15, 0.2) is 0 Å². The van der Waals surface area contributed by atoms with Gasteiger partial charge < -0.3 is 0 Å². The van der Waals surface area contributed by atoms with Crippen LogP contribution in [0.4, 0.5) is 0 Å². The lowest BCUT2D eigenvalue weighted by molar-refractivity contribution is 0.392. The first kappa shape index (κ1) is 20.6. The zero-order valence-corrected chi connectivity index (χ0v) is 18.9. The molecule has 0 aliphatic carbocycles. The molecule has 3 rings (SSSR count). The second kappa shape index (κ2) is 7.35. The van der Waals surface area contributed by atoms with Crippen LogP contribution in [0.15, 0.2) is 42.5 Å². The van der Waals surface area contributed by atoms with Crippen LogP contribution in [0.1, 0.15) is 63.8 Å². The number of aromatic nitrogens is 1. The van der Waals surface area contributed by atoms with Crippen molar-refractivity contribution in [1.29, 1.82) is 0 Å². The van der Waals surface area contributed by atoms with Crippen LogP contribution in [0, 0.1) is 24.7 Å². The van der Waals surface area contributed by atoms with E-state index in [4.69, 9.17) is 4.98 Å². The summed E-state index contributed by atoms with van der Waals surface area (Å²) in [5.74, 6) is 0. The number of rotatable bonds is 3. The second-order valence-electron chi connectivity index (χ2n) is 10.9. The van der Waals surface area contributed by atoms with Crippen LogP contribution < -0.4 is 0 Å². The summed E-state index contributed by atoms with van der Waals surface area (Å²) in [5.41, 5.74) is 9.37. The lowest BCUT2D eigenvalue weighted by Gasteiger charge is -2.25. The largest absolute Gasteiger partial charge is 0.248 e. The van der Waals surface area contributed by atoms with E-state index in [0.29, 0.717) is 0 Å². The summed E-state index contributed by atoms with van der Waals surface area (Å²) < 4.78 is 0. The van der Waals surface area contributed by atoms with Gasteiger partial charge in [-0.15, -0.1) is 0 Å². The van der Waals surface area contributed by atoms with E-state index in [1.54, 1.807) is 0 Å². The smallest absolute Gasteiger partial charge is 0.0712 e. The van der Waals surface area contributed by atoms with Crippen LogP contribution in [0.2, 0.25) is 0 Å². The van der Waals surface area contributed by atoms with E-state index < -0.39 is 0 Å². The molecule has 0 saturated carbocycles. The Morgan fingerprint density at radius 2 is 1.21 bits per heavy atom. The predicted molar refractivity (Wildman–Crippen MR) is 123 cm³/mol. The molecule has 28 heavy (non-hydrogen) atoms. The maximum atomic E-state index is 5.06. The highest BCUT2D eigenvalue weighted by molar-refractivity contribution is 5.83. The number of hydrogen-bond acceptors (Lipinski definition) is 1. The molecule has 1 aromatic heterocycles. The molecule has 148 valence electrons. The quantitative estimate of drug-likeness (QED) is 0.458. The van der Waals surface area contributed by atoms with Crippen molar-refractivity contribution >= 4 is 10.9 Å². The summed E-state index contributed by atoms with van der Waals surface area (Å²) in [7, 11) is 0. The third-order valence-electron chi connectivity index (χ3n) is 4.97. The maximum Gasteiger partial charge on any atom is 0.0712 e. The lowest BCUT2D eigenvalue weighted by Crippen LogP contribution is -2.15. The van der Waals surface area contributed by atoms with Gasteiger partial charge in [-0.3, -0.25) is 0 Å². The molecule has 1 heteroatoms. The topological polar surface area (TPSA) is 12.9 Å². The Kier molecular flexibility index (Phi) is 5.40. The van der Waals surface area contributed by atoms with Gasteiger partial charge >= 0.3 is 0 Å². The molecular formula is C27H35N. The number of hydrogen-bond donors (Lipinski definition) is 0. The van der Waals surface area contributed by atoms with Crippen LogP contribution >= 0.6 is 0 Å². The van der Waals surface area contributed by atoms with Crippen LogP contribution in [-0.4, -0.2) is 4.98 Å². The number of aryl methyl sites for hydroxylation is 2. The first-order valence-electron chi connectivity index (χ1n) is 10.4. The van der Waals surface area contributed by atoms with Gasteiger partial charge in [0.05, 0.1) is 11.2 Å². The van der Waals surface area contributed by atoms with Gasteiger partial charge in [-0.1, -0.05) is 64.8 Å². The van der Waals surface area contributed by atoms with Crippen molar-refractivity contribution < 1.29 is 0 Å². The fourth-order valence-electron chi connectivity index (χ4n) is 4.02. The molecule has 0 aliphatic heterocycles. The fraction of sp³-hybridized carbons (Fsp3) is 0.444. The van der Waals surface area contributed by atoms with Gasteiger partial charge in [-0.05, 0) is 79.0 Å². The average molecular weight is 374 g/mol. The monoisotopic (exact) mass is 373 g/mol. The Hall–Kier alpha value is -2.15. The van der Waals surface area contributed by atoms with Gasteiger partial charge in [0.1, 0.15) is 0 Å². The third kappa shape index (κ3) is 5.22. The van der Waals surface area contributed by atoms with E-state index in [2.05, 4.69) is 97.9 Å². The molecule has 0 fully saturated rings. The van der Waals surface area contributed by atoms with Crippen molar-refractivity contribution in [3.05, 3.63) is 64.7 Å². The Balaban J connectivity index is 2.13. The van der Waals surface area contributed by atoms with E-state index in [1.165, 1.54) is 33.2 Å². The Morgan fingerprint density at radius 3 is 1.75 bits per heavy atom. The fourth-order valence-corrected chi connectivity index (χ4v) is 4.02. The number of benzene rings is 2. The van der Waals surface area contributed by atoms with Crippen molar-refractivity contribution in [2.75, 3.05) is 0 Å².